The molecular formula is C27H34N4O4S. The van der Waals surface area contributed by atoms with Crippen LogP contribution in [0.1, 0.15) is 61.9 Å². The molecule has 2 fully saturated rings. The van der Waals surface area contributed by atoms with Crippen molar-refractivity contribution in [2.45, 2.75) is 70.1 Å². The molecule has 192 valence electrons. The number of aromatic nitrogens is 2. The van der Waals surface area contributed by atoms with Crippen LogP contribution in [0.2, 0.25) is 0 Å². The van der Waals surface area contributed by atoms with Crippen molar-refractivity contribution in [3.8, 4) is 10.4 Å². The van der Waals surface area contributed by atoms with E-state index in [1.165, 1.54) is 22.4 Å². The number of aryl methyl sites for hydroxylation is 1. The number of rotatable bonds is 9. The number of fused-ring (bicyclic) bond motifs is 1. The van der Waals surface area contributed by atoms with Crippen LogP contribution >= 0.6 is 11.3 Å². The molecule has 8 nitrogen and oxygen atoms in total. The quantitative estimate of drug-likeness (QED) is 0.386. The zero-order valence-corrected chi connectivity index (χ0v) is 21.7. The molecule has 1 aliphatic carbocycles. The zero-order valence-electron chi connectivity index (χ0n) is 20.9. The Labute approximate surface area is 215 Å². The molecule has 1 saturated heterocycles. The molecule has 0 aromatic carbocycles. The van der Waals surface area contributed by atoms with E-state index in [1.807, 2.05) is 18.5 Å². The average Bonchev–Trinajstić information content (AvgIpc) is 3.46. The minimum Gasteiger partial charge on any atom is -0.453 e. The van der Waals surface area contributed by atoms with Gasteiger partial charge in [0.05, 0.1) is 13.2 Å². The van der Waals surface area contributed by atoms with Crippen LogP contribution in [-0.2, 0) is 20.7 Å². The number of thiophene rings is 1. The van der Waals surface area contributed by atoms with Crippen LogP contribution in [0.25, 0.3) is 21.5 Å². The Morgan fingerprint density at radius 1 is 1.31 bits per heavy atom. The highest BCUT2D eigenvalue weighted by molar-refractivity contribution is 7.15. The molecule has 1 unspecified atom stereocenters. The van der Waals surface area contributed by atoms with Crippen molar-refractivity contribution in [2.75, 3.05) is 20.3 Å². The van der Waals surface area contributed by atoms with E-state index in [0.717, 1.165) is 61.5 Å². The van der Waals surface area contributed by atoms with Crippen LogP contribution in [0.15, 0.2) is 30.6 Å². The van der Waals surface area contributed by atoms with Gasteiger partial charge in [-0.3, -0.25) is 4.79 Å². The lowest BCUT2D eigenvalue weighted by Crippen LogP contribution is -2.44. The first kappa shape index (κ1) is 24.8. The monoisotopic (exact) mass is 510 g/mol. The number of methoxy groups -OCH3 is 1. The van der Waals surface area contributed by atoms with E-state index in [1.54, 1.807) is 11.3 Å². The van der Waals surface area contributed by atoms with E-state index >= 15 is 0 Å². The predicted molar refractivity (Wildman–Crippen MR) is 140 cm³/mol. The highest BCUT2D eigenvalue weighted by Gasteiger charge is 2.40. The number of hydrogen-bond donors (Lipinski definition) is 2. The van der Waals surface area contributed by atoms with Crippen molar-refractivity contribution in [1.82, 2.24) is 20.2 Å². The van der Waals surface area contributed by atoms with E-state index in [9.17, 15) is 9.59 Å². The molecule has 36 heavy (non-hydrogen) atoms. The fourth-order valence-corrected chi connectivity index (χ4v) is 6.21. The van der Waals surface area contributed by atoms with Crippen LogP contribution in [0.3, 0.4) is 0 Å². The number of carbonyl (C=O) groups excluding carboxylic acids is 2. The molecule has 3 aromatic rings. The maximum absolute atomic E-state index is 13.5. The molecule has 1 saturated carbocycles. The van der Waals surface area contributed by atoms with Crippen molar-refractivity contribution < 1.29 is 19.1 Å². The van der Waals surface area contributed by atoms with E-state index in [2.05, 4.69) is 44.0 Å². The van der Waals surface area contributed by atoms with Gasteiger partial charge in [-0.15, -0.1) is 11.3 Å². The molecule has 2 N–H and O–H groups in total. The summed E-state index contributed by atoms with van der Waals surface area (Å²) in [4.78, 5) is 37.2. The third kappa shape index (κ3) is 5.42. The summed E-state index contributed by atoms with van der Waals surface area (Å²) in [5.41, 5.74) is 3.15. The minimum absolute atomic E-state index is 0.0230. The van der Waals surface area contributed by atoms with Gasteiger partial charge < -0.3 is 24.7 Å². The Hall–Kier alpha value is -2.91. The second-order valence-corrected chi connectivity index (χ2v) is 10.8. The van der Waals surface area contributed by atoms with Gasteiger partial charge in [0, 0.05) is 52.3 Å². The molecule has 2 aliphatic rings. The molecule has 0 spiro atoms. The Kier molecular flexibility index (Phi) is 7.57. The molecule has 9 heteroatoms. The summed E-state index contributed by atoms with van der Waals surface area (Å²) in [5.74, 6) is 0.138. The Bertz CT molecular complexity index is 1210. The molecule has 5 rings (SSSR count). The van der Waals surface area contributed by atoms with Crippen molar-refractivity contribution >= 4 is 34.4 Å². The molecule has 2 atom stereocenters. The van der Waals surface area contributed by atoms with Crippen molar-refractivity contribution in [3.63, 3.8) is 0 Å². The van der Waals surface area contributed by atoms with Crippen LogP contribution in [0, 0.1) is 0 Å². The number of nitrogens with one attached hydrogen (secondary N) is 2. The third-order valence-corrected chi connectivity index (χ3v) is 8.44. The Balaban J connectivity index is 1.41. The van der Waals surface area contributed by atoms with Crippen molar-refractivity contribution in [3.05, 3.63) is 41.0 Å². The summed E-state index contributed by atoms with van der Waals surface area (Å²) in [6.07, 6.45) is 9.67. The molecule has 1 aliphatic heterocycles. The first-order chi connectivity index (χ1) is 17.5. The summed E-state index contributed by atoms with van der Waals surface area (Å²) in [6.45, 7) is 3.35. The van der Waals surface area contributed by atoms with Gasteiger partial charge in [-0.2, -0.15) is 0 Å². The van der Waals surface area contributed by atoms with Crippen LogP contribution in [0.4, 0.5) is 4.79 Å². The molecule has 3 aromatic heterocycles. The Morgan fingerprint density at radius 2 is 2.17 bits per heavy atom. The number of H-pyrrole nitrogens is 1. The van der Waals surface area contributed by atoms with Crippen molar-refractivity contribution in [1.29, 1.82) is 0 Å². The van der Waals surface area contributed by atoms with E-state index in [4.69, 9.17) is 4.74 Å². The lowest BCUT2D eigenvalue weighted by atomic mass is 10.0. The van der Waals surface area contributed by atoms with Crippen LogP contribution < -0.4 is 5.32 Å². The van der Waals surface area contributed by atoms with Crippen LogP contribution in [-0.4, -0.2) is 59.3 Å². The van der Waals surface area contributed by atoms with E-state index < -0.39 is 6.09 Å². The van der Waals surface area contributed by atoms with Crippen molar-refractivity contribution in [2.24, 2.45) is 0 Å². The number of alkyl carbamates (subject to hydrolysis) is 1. The molecule has 0 bridgehead atoms. The number of hydrogen-bond acceptors (Lipinski definition) is 6. The molecule has 0 radical (unpaired) electrons. The molecule has 4 heterocycles. The first-order valence-electron chi connectivity index (χ1n) is 12.9. The van der Waals surface area contributed by atoms with Gasteiger partial charge in [0.15, 0.2) is 0 Å². The van der Waals surface area contributed by atoms with Gasteiger partial charge >= 0.3 is 6.09 Å². The summed E-state index contributed by atoms with van der Waals surface area (Å²) < 4.78 is 10.6. The minimum atomic E-state index is -0.416. The van der Waals surface area contributed by atoms with Gasteiger partial charge in [-0.05, 0) is 75.6 Å². The number of nitrogens with zero attached hydrogens (tertiary/aromatic N) is 2. The standard InChI is InChI=1S/C27H34N4O4S/c1-17(31(21-8-9-21)26(32)22-7-3-4-13-35-22)23-15-18(6-5-11-29-27(33)34-2)24(36-23)20-14-19-10-12-28-25(19)30-16-20/h10,12,14-17,21-22H,3-9,11,13H2,1-2H3,(H,28,30)(H,29,33)/t17?,22-/m1/s1. The topological polar surface area (TPSA) is 96.6 Å². The SMILES string of the molecule is COC(=O)NCCCc1cc(C(C)N(C(=O)[C@H]2CCCCO2)C2CC2)sc1-c1cnc2[nH]ccc2c1. The summed E-state index contributed by atoms with van der Waals surface area (Å²) in [7, 11) is 1.37. The smallest absolute Gasteiger partial charge is 0.406 e. The van der Waals surface area contributed by atoms with Crippen LogP contribution in [0.5, 0.6) is 0 Å². The molecular weight excluding hydrogens is 476 g/mol. The van der Waals surface area contributed by atoms with Gasteiger partial charge in [0.2, 0.25) is 0 Å². The lowest BCUT2D eigenvalue weighted by Gasteiger charge is -2.33. The number of amides is 2. The number of aromatic amines is 1. The lowest BCUT2D eigenvalue weighted by molar-refractivity contribution is -0.149. The highest BCUT2D eigenvalue weighted by atomic mass is 32.1. The normalized spacial score (nSPS) is 18.7. The summed E-state index contributed by atoms with van der Waals surface area (Å²) in [6, 6.07) is 6.71. The predicted octanol–water partition coefficient (Wildman–Crippen LogP) is 5.20. The van der Waals surface area contributed by atoms with E-state index in [-0.39, 0.29) is 18.1 Å². The fraction of sp³-hybridized carbons (Fsp3) is 0.519. The average molecular weight is 511 g/mol. The number of pyridine rings is 1. The summed E-state index contributed by atoms with van der Waals surface area (Å²) >= 11 is 1.74. The largest absolute Gasteiger partial charge is 0.453 e. The number of ether oxygens (including phenoxy) is 2. The third-order valence-electron chi connectivity index (χ3n) is 7.05. The highest BCUT2D eigenvalue weighted by Crippen LogP contribution is 2.42. The van der Waals surface area contributed by atoms with Gasteiger partial charge in [-0.1, -0.05) is 0 Å². The molecule has 2 amide bonds. The second-order valence-electron chi connectivity index (χ2n) is 9.67. The van der Waals surface area contributed by atoms with Gasteiger partial charge in [0.25, 0.3) is 5.91 Å². The maximum Gasteiger partial charge on any atom is 0.406 e. The Morgan fingerprint density at radius 3 is 2.92 bits per heavy atom. The zero-order chi connectivity index (χ0) is 25.1. The first-order valence-corrected chi connectivity index (χ1v) is 13.7. The second kappa shape index (κ2) is 11.0. The maximum atomic E-state index is 13.5. The fourth-order valence-electron chi connectivity index (χ4n) is 4.97. The number of carbonyl (C=O) groups is 2. The summed E-state index contributed by atoms with van der Waals surface area (Å²) in [5, 5.41) is 3.83. The van der Waals surface area contributed by atoms with E-state index in [0.29, 0.717) is 19.2 Å². The van der Waals surface area contributed by atoms with Gasteiger partial charge in [0.1, 0.15) is 11.8 Å². The van der Waals surface area contributed by atoms with Gasteiger partial charge in [-0.25, -0.2) is 9.78 Å².